The van der Waals surface area contributed by atoms with Crippen LogP contribution in [0, 0.1) is 11.3 Å². The van der Waals surface area contributed by atoms with Crippen LogP contribution in [0.25, 0.3) is 5.57 Å². The third-order valence-corrected chi connectivity index (χ3v) is 3.11. The van der Waals surface area contributed by atoms with Gasteiger partial charge in [0.15, 0.2) is 0 Å². The van der Waals surface area contributed by atoms with Gasteiger partial charge >= 0.3 is 5.97 Å². The molecule has 0 unspecified atom stereocenters. The molecule has 3 nitrogen and oxygen atoms in total. The van der Waals surface area contributed by atoms with Gasteiger partial charge in [-0.15, -0.1) is 0 Å². The summed E-state index contributed by atoms with van der Waals surface area (Å²) in [5.74, 6) is -0.640. The molecule has 0 aromatic heterocycles. The highest BCUT2D eigenvalue weighted by molar-refractivity contribution is 5.93. The molecule has 0 spiro atoms. The van der Waals surface area contributed by atoms with E-state index >= 15 is 0 Å². The van der Waals surface area contributed by atoms with Crippen LogP contribution in [0.15, 0.2) is 78.4 Å². The number of benzene rings is 2. The van der Waals surface area contributed by atoms with E-state index in [1.54, 1.807) is 6.08 Å². The predicted octanol–water partition coefficient (Wildman–Crippen LogP) is 3.74. The highest BCUT2D eigenvalue weighted by Crippen LogP contribution is 2.23. The topological polar surface area (TPSA) is 50.1 Å². The third kappa shape index (κ3) is 3.71. The number of rotatable bonds is 4. The first-order chi connectivity index (χ1) is 10.8. The Hall–Kier alpha value is -3.12. The second-order valence-electron chi connectivity index (χ2n) is 4.50. The summed E-state index contributed by atoms with van der Waals surface area (Å²) >= 11 is 0. The molecule has 0 saturated heterocycles. The normalized spacial score (nSPS) is 10.5. The van der Waals surface area contributed by atoms with Crippen molar-refractivity contribution in [2.75, 3.05) is 7.11 Å². The molecule has 0 saturated carbocycles. The molecule has 0 radical (unpaired) electrons. The van der Waals surface area contributed by atoms with E-state index < -0.39 is 5.97 Å². The number of nitriles is 1. The van der Waals surface area contributed by atoms with E-state index in [9.17, 15) is 4.79 Å². The molecule has 22 heavy (non-hydrogen) atoms. The summed E-state index contributed by atoms with van der Waals surface area (Å²) in [4.78, 5) is 11.5. The average molecular weight is 289 g/mol. The van der Waals surface area contributed by atoms with Crippen molar-refractivity contribution in [2.24, 2.45) is 0 Å². The van der Waals surface area contributed by atoms with Gasteiger partial charge in [-0.3, -0.25) is 0 Å². The van der Waals surface area contributed by atoms with Crippen LogP contribution >= 0.6 is 0 Å². The minimum Gasteiger partial charge on any atom is -0.465 e. The molecule has 2 aromatic carbocycles. The van der Waals surface area contributed by atoms with E-state index in [1.807, 2.05) is 66.7 Å². The maximum absolute atomic E-state index is 11.5. The molecule has 0 aliphatic rings. The largest absolute Gasteiger partial charge is 0.465 e. The SMILES string of the molecule is COC(=O)/C(C#N)=C\C=C(c1ccccc1)c1ccccc1. The second-order valence-corrected chi connectivity index (χ2v) is 4.50. The van der Waals surface area contributed by atoms with Gasteiger partial charge in [0.25, 0.3) is 0 Å². The molecule has 0 aliphatic heterocycles. The summed E-state index contributed by atoms with van der Waals surface area (Å²) < 4.78 is 4.59. The molecule has 2 rings (SSSR count). The Morgan fingerprint density at radius 1 is 0.955 bits per heavy atom. The maximum atomic E-state index is 11.5. The Morgan fingerprint density at radius 2 is 1.45 bits per heavy atom. The average Bonchev–Trinajstić information content (AvgIpc) is 2.60. The summed E-state index contributed by atoms with van der Waals surface area (Å²) in [6.07, 6.45) is 3.25. The quantitative estimate of drug-likeness (QED) is 0.373. The Labute approximate surface area is 129 Å². The first kappa shape index (κ1) is 15.3. The van der Waals surface area contributed by atoms with Gasteiger partial charge in [0.1, 0.15) is 11.6 Å². The molecule has 108 valence electrons. The van der Waals surface area contributed by atoms with Crippen molar-refractivity contribution in [3.8, 4) is 6.07 Å². The number of methoxy groups -OCH3 is 1. The Balaban J connectivity index is 2.51. The number of hydrogen-bond acceptors (Lipinski definition) is 3. The lowest BCUT2D eigenvalue weighted by Crippen LogP contribution is -2.02. The molecule has 0 fully saturated rings. The third-order valence-electron chi connectivity index (χ3n) is 3.11. The molecule has 0 N–H and O–H groups in total. The lowest BCUT2D eigenvalue weighted by atomic mass is 9.97. The first-order valence-corrected chi connectivity index (χ1v) is 6.77. The molecule has 0 amide bonds. The zero-order valence-corrected chi connectivity index (χ0v) is 12.2. The van der Waals surface area contributed by atoms with Crippen molar-refractivity contribution in [3.05, 3.63) is 89.5 Å². The fourth-order valence-electron chi connectivity index (χ4n) is 2.02. The molecule has 0 aliphatic carbocycles. The van der Waals surface area contributed by atoms with Crippen molar-refractivity contribution in [2.45, 2.75) is 0 Å². The van der Waals surface area contributed by atoms with Crippen LogP contribution in [0.2, 0.25) is 0 Å². The van der Waals surface area contributed by atoms with Gasteiger partial charge in [0.05, 0.1) is 7.11 Å². The van der Waals surface area contributed by atoms with Gasteiger partial charge in [0, 0.05) is 0 Å². The van der Waals surface area contributed by atoms with Gasteiger partial charge in [0.2, 0.25) is 0 Å². The fraction of sp³-hybridized carbons (Fsp3) is 0.0526. The summed E-state index contributed by atoms with van der Waals surface area (Å²) in [6, 6.07) is 21.5. The molecule has 0 bridgehead atoms. The highest BCUT2D eigenvalue weighted by atomic mass is 16.5. The minimum absolute atomic E-state index is 0.0353. The van der Waals surface area contributed by atoms with Gasteiger partial charge in [-0.1, -0.05) is 66.7 Å². The zero-order valence-electron chi connectivity index (χ0n) is 12.2. The van der Waals surface area contributed by atoms with Crippen molar-refractivity contribution in [3.63, 3.8) is 0 Å². The Bertz CT molecular complexity index is 697. The first-order valence-electron chi connectivity index (χ1n) is 6.77. The van der Waals surface area contributed by atoms with Crippen LogP contribution in [0.3, 0.4) is 0 Å². The molecule has 3 heteroatoms. The number of hydrogen-bond donors (Lipinski definition) is 0. The fourth-order valence-corrected chi connectivity index (χ4v) is 2.02. The van der Waals surface area contributed by atoms with Crippen LogP contribution in [0.4, 0.5) is 0 Å². The Kier molecular flexibility index (Phi) is 5.28. The highest BCUT2D eigenvalue weighted by Gasteiger charge is 2.08. The maximum Gasteiger partial charge on any atom is 0.348 e. The number of nitrogens with zero attached hydrogens (tertiary/aromatic N) is 1. The summed E-state index contributed by atoms with van der Waals surface area (Å²) in [5, 5.41) is 9.03. The number of ether oxygens (including phenoxy) is 1. The van der Waals surface area contributed by atoms with Gasteiger partial charge in [-0.2, -0.15) is 5.26 Å². The molecular formula is C19H15NO2. The van der Waals surface area contributed by atoms with Crippen LogP contribution < -0.4 is 0 Å². The number of allylic oxidation sites excluding steroid dienone is 2. The van der Waals surface area contributed by atoms with Crippen molar-refractivity contribution < 1.29 is 9.53 Å². The van der Waals surface area contributed by atoms with E-state index in [4.69, 9.17) is 5.26 Å². The zero-order chi connectivity index (χ0) is 15.8. The van der Waals surface area contributed by atoms with Crippen molar-refractivity contribution in [1.82, 2.24) is 0 Å². The van der Waals surface area contributed by atoms with Crippen LogP contribution in [-0.2, 0) is 9.53 Å². The monoisotopic (exact) mass is 289 g/mol. The summed E-state index contributed by atoms with van der Waals surface area (Å²) in [6.45, 7) is 0. The number of carbonyl (C=O) groups is 1. The van der Waals surface area contributed by atoms with E-state index in [0.717, 1.165) is 16.7 Å². The standard InChI is InChI=1S/C19H15NO2/c1-22-19(21)17(14-20)12-13-18(15-8-4-2-5-9-15)16-10-6-3-7-11-16/h2-13H,1H3/b17-12-. The van der Waals surface area contributed by atoms with Crippen LogP contribution in [0.5, 0.6) is 0 Å². The predicted molar refractivity (Wildman–Crippen MR) is 85.7 cm³/mol. The molecule has 0 heterocycles. The smallest absolute Gasteiger partial charge is 0.348 e. The van der Waals surface area contributed by atoms with Crippen LogP contribution in [0.1, 0.15) is 11.1 Å². The van der Waals surface area contributed by atoms with Crippen LogP contribution in [-0.4, -0.2) is 13.1 Å². The lowest BCUT2D eigenvalue weighted by Gasteiger charge is -2.07. The van der Waals surface area contributed by atoms with Crippen molar-refractivity contribution >= 4 is 11.5 Å². The Morgan fingerprint density at radius 3 is 1.86 bits per heavy atom. The molecule has 0 atom stereocenters. The van der Waals surface area contributed by atoms with Gasteiger partial charge in [-0.25, -0.2) is 4.79 Å². The van der Waals surface area contributed by atoms with Crippen molar-refractivity contribution in [1.29, 1.82) is 5.26 Å². The summed E-state index contributed by atoms with van der Waals surface area (Å²) in [7, 11) is 1.26. The van der Waals surface area contributed by atoms with E-state index in [2.05, 4.69) is 4.74 Å². The van der Waals surface area contributed by atoms with E-state index in [0.29, 0.717) is 0 Å². The molecule has 2 aromatic rings. The number of carbonyl (C=O) groups excluding carboxylic acids is 1. The van der Waals surface area contributed by atoms with E-state index in [1.165, 1.54) is 13.2 Å². The lowest BCUT2D eigenvalue weighted by molar-refractivity contribution is -0.135. The van der Waals surface area contributed by atoms with Gasteiger partial charge < -0.3 is 4.74 Å². The second kappa shape index (κ2) is 7.61. The van der Waals surface area contributed by atoms with Gasteiger partial charge in [-0.05, 0) is 22.8 Å². The summed E-state index contributed by atoms with van der Waals surface area (Å²) in [5.41, 5.74) is 2.91. The minimum atomic E-state index is -0.640. The van der Waals surface area contributed by atoms with E-state index in [-0.39, 0.29) is 5.57 Å². The molecular weight excluding hydrogens is 274 g/mol. The number of esters is 1.